The molecule has 4 rings (SSSR count). The second-order valence-electron chi connectivity index (χ2n) is 5.43. The highest BCUT2D eigenvalue weighted by Gasteiger charge is 2.14. The first-order valence-electron chi connectivity index (χ1n) is 7.27. The number of aromatic nitrogens is 3. The van der Waals surface area contributed by atoms with Crippen molar-refractivity contribution < 1.29 is 13.2 Å². The third-order valence-electron chi connectivity index (χ3n) is 3.74. The van der Waals surface area contributed by atoms with Crippen molar-refractivity contribution in [3.05, 3.63) is 76.9 Å². The van der Waals surface area contributed by atoms with E-state index in [0.717, 1.165) is 11.6 Å². The highest BCUT2D eigenvalue weighted by Crippen LogP contribution is 2.30. The van der Waals surface area contributed by atoms with Crippen molar-refractivity contribution in [3.63, 3.8) is 0 Å². The molecule has 0 aliphatic carbocycles. The molecule has 2 heterocycles. The number of rotatable bonds is 2. The number of halogens is 4. The zero-order valence-corrected chi connectivity index (χ0v) is 14.1. The molecule has 4 aromatic rings. The van der Waals surface area contributed by atoms with Gasteiger partial charge in [-0.05, 0) is 57.9 Å². The lowest BCUT2D eigenvalue weighted by atomic mass is 10.1. The van der Waals surface area contributed by atoms with Crippen LogP contribution in [0.2, 0.25) is 0 Å². The monoisotopic (exact) mass is 403 g/mol. The predicted octanol–water partition coefficient (Wildman–Crippen LogP) is 5.24. The minimum absolute atomic E-state index is 0.336. The lowest BCUT2D eigenvalue weighted by Crippen LogP contribution is -1.92. The van der Waals surface area contributed by atoms with E-state index in [4.69, 9.17) is 0 Å². The summed E-state index contributed by atoms with van der Waals surface area (Å²) in [6, 6.07) is 9.21. The molecule has 0 radical (unpaired) electrons. The van der Waals surface area contributed by atoms with Gasteiger partial charge in [-0.3, -0.25) is 4.40 Å². The normalized spacial score (nSPS) is 11.2. The average molecular weight is 404 g/mol. The molecule has 0 aliphatic rings. The Balaban J connectivity index is 1.86. The molecule has 0 fully saturated rings. The van der Waals surface area contributed by atoms with Crippen LogP contribution in [0.25, 0.3) is 28.2 Å². The molecule has 0 saturated heterocycles. The molecule has 0 aliphatic heterocycles. The molecule has 0 bridgehead atoms. The van der Waals surface area contributed by atoms with Crippen molar-refractivity contribution >= 4 is 21.7 Å². The number of benzene rings is 2. The zero-order valence-electron chi connectivity index (χ0n) is 12.5. The lowest BCUT2D eigenvalue weighted by molar-refractivity contribution is 0.584. The summed E-state index contributed by atoms with van der Waals surface area (Å²) in [5.74, 6) is -1.25. The molecule has 7 heteroatoms. The van der Waals surface area contributed by atoms with Crippen molar-refractivity contribution in [1.29, 1.82) is 0 Å². The molecular formula is C18H9BrF3N3. The van der Waals surface area contributed by atoms with Crippen LogP contribution in [0.4, 0.5) is 13.2 Å². The van der Waals surface area contributed by atoms with Crippen LogP contribution in [0.3, 0.4) is 0 Å². The van der Waals surface area contributed by atoms with E-state index in [2.05, 4.69) is 25.9 Å². The van der Waals surface area contributed by atoms with Crippen LogP contribution in [-0.4, -0.2) is 14.4 Å². The Morgan fingerprint density at radius 2 is 1.48 bits per heavy atom. The van der Waals surface area contributed by atoms with Gasteiger partial charge in [-0.1, -0.05) is 0 Å². The Morgan fingerprint density at radius 1 is 0.800 bits per heavy atom. The summed E-state index contributed by atoms with van der Waals surface area (Å²) in [5, 5.41) is 0. The van der Waals surface area contributed by atoms with Crippen LogP contribution in [0.15, 0.2) is 59.5 Å². The van der Waals surface area contributed by atoms with E-state index < -0.39 is 11.6 Å². The van der Waals surface area contributed by atoms with Crippen LogP contribution in [0.5, 0.6) is 0 Å². The fourth-order valence-electron chi connectivity index (χ4n) is 2.57. The second-order valence-corrected chi connectivity index (χ2v) is 6.18. The Kier molecular flexibility index (Phi) is 3.80. The van der Waals surface area contributed by atoms with Gasteiger partial charge in [0.1, 0.15) is 27.7 Å². The first-order valence-corrected chi connectivity index (χ1v) is 8.06. The largest absolute Gasteiger partial charge is 0.277 e. The van der Waals surface area contributed by atoms with E-state index in [0.29, 0.717) is 27.2 Å². The molecule has 124 valence electrons. The summed E-state index contributed by atoms with van der Waals surface area (Å²) in [6.07, 6.45) is 3.18. The van der Waals surface area contributed by atoms with E-state index in [1.54, 1.807) is 22.7 Å². The number of hydrogen-bond acceptors (Lipinski definition) is 2. The summed E-state index contributed by atoms with van der Waals surface area (Å²) in [6.45, 7) is 0. The summed E-state index contributed by atoms with van der Waals surface area (Å²) in [4.78, 5) is 8.66. The van der Waals surface area contributed by atoms with E-state index in [1.807, 2.05) is 0 Å². The van der Waals surface area contributed by atoms with E-state index in [1.165, 1.54) is 30.5 Å². The van der Waals surface area contributed by atoms with Crippen LogP contribution < -0.4 is 0 Å². The topological polar surface area (TPSA) is 30.2 Å². The Morgan fingerprint density at radius 3 is 2.16 bits per heavy atom. The summed E-state index contributed by atoms with van der Waals surface area (Å²) in [5.41, 5.74) is 2.22. The molecule has 0 saturated carbocycles. The first-order chi connectivity index (χ1) is 12.0. The van der Waals surface area contributed by atoms with E-state index in [-0.39, 0.29) is 5.82 Å². The molecule has 0 N–H and O–H groups in total. The fourth-order valence-corrected chi connectivity index (χ4v) is 3.15. The maximum atomic E-state index is 13.4. The molecule has 0 amide bonds. The van der Waals surface area contributed by atoms with Gasteiger partial charge in [-0.25, -0.2) is 23.1 Å². The molecule has 0 spiro atoms. The number of imidazole rings is 1. The molecule has 0 atom stereocenters. The van der Waals surface area contributed by atoms with Crippen molar-refractivity contribution in [1.82, 2.24) is 14.4 Å². The molecule has 3 nitrogen and oxygen atoms in total. The fraction of sp³-hybridized carbons (Fsp3) is 0. The molecule has 25 heavy (non-hydrogen) atoms. The van der Waals surface area contributed by atoms with Crippen LogP contribution >= 0.6 is 15.9 Å². The third kappa shape index (κ3) is 2.91. The highest BCUT2D eigenvalue weighted by molar-refractivity contribution is 9.10. The molecule has 2 aromatic heterocycles. The standard InChI is InChI=1S/C18H9BrF3N3/c19-17-16(10-1-3-13(20)4-2-10)24-18-23-8-12(9-25(17)18)11-5-14(21)7-15(22)6-11/h1-9H. The van der Waals surface area contributed by atoms with Gasteiger partial charge in [-0.15, -0.1) is 0 Å². The summed E-state index contributed by atoms with van der Waals surface area (Å²) < 4.78 is 42.3. The van der Waals surface area contributed by atoms with Crippen LogP contribution in [0.1, 0.15) is 0 Å². The SMILES string of the molecule is Fc1ccc(-c2nc3ncc(-c4cc(F)cc(F)c4)cn3c2Br)cc1. The third-order valence-corrected chi connectivity index (χ3v) is 4.49. The van der Waals surface area contributed by atoms with Crippen molar-refractivity contribution in [2.24, 2.45) is 0 Å². The van der Waals surface area contributed by atoms with Gasteiger partial charge < -0.3 is 0 Å². The van der Waals surface area contributed by atoms with Gasteiger partial charge in [0.2, 0.25) is 5.78 Å². The van der Waals surface area contributed by atoms with Gasteiger partial charge in [-0.2, -0.15) is 0 Å². The smallest absolute Gasteiger partial charge is 0.235 e. The minimum Gasteiger partial charge on any atom is -0.277 e. The van der Waals surface area contributed by atoms with Gasteiger partial charge in [0.25, 0.3) is 0 Å². The minimum atomic E-state index is -0.660. The summed E-state index contributed by atoms with van der Waals surface area (Å²) >= 11 is 3.46. The number of hydrogen-bond donors (Lipinski definition) is 0. The molecule has 0 unspecified atom stereocenters. The zero-order chi connectivity index (χ0) is 17.6. The van der Waals surface area contributed by atoms with E-state index in [9.17, 15) is 13.2 Å². The lowest BCUT2D eigenvalue weighted by Gasteiger charge is -2.04. The average Bonchev–Trinajstić information content (AvgIpc) is 2.91. The highest BCUT2D eigenvalue weighted by atomic mass is 79.9. The van der Waals surface area contributed by atoms with Crippen LogP contribution in [0, 0.1) is 17.5 Å². The Bertz CT molecular complexity index is 1070. The number of nitrogens with zero attached hydrogens (tertiary/aromatic N) is 3. The Labute approximate surface area is 148 Å². The second kappa shape index (κ2) is 6.00. The van der Waals surface area contributed by atoms with Gasteiger partial charge >= 0.3 is 0 Å². The van der Waals surface area contributed by atoms with Gasteiger partial charge in [0, 0.05) is 29.6 Å². The maximum absolute atomic E-state index is 13.4. The van der Waals surface area contributed by atoms with Crippen LogP contribution in [-0.2, 0) is 0 Å². The van der Waals surface area contributed by atoms with Gasteiger partial charge in [0.15, 0.2) is 0 Å². The molecule has 2 aromatic carbocycles. The Hall–Kier alpha value is -2.67. The van der Waals surface area contributed by atoms with E-state index >= 15 is 0 Å². The molecular weight excluding hydrogens is 395 g/mol. The maximum Gasteiger partial charge on any atom is 0.235 e. The van der Waals surface area contributed by atoms with Gasteiger partial charge in [0.05, 0.1) is 0 Å². The predicted molar refractivity (Wildman–Crippen MR) is 91.4 cm³/mol. The quantitative estimate of drug-likeness (QED) is 0.457. The number of fused-ring (bicyclic) bond motifs is 1. The summed E-state index contributed by atoms with van der Waals surface area (Å²) in [7, 11) is 0. The van der Waals surface area contributed by atoms with Crippen molar-refractivity contribution in [3.8, 4) is 22.4 Å². The van der Waals surface area contributed by atoms with Crippen molar-refractivity contribution in [2.75, 3.05) is 0 Å². The first kappa shape index (κ1) is 15.8. The van der Waals surface area contributed by atoms with Crippen molar-refractivity contribution in [2.45, 2.75) is 0 Å².